The molecule has 1 aliphatic rings. The molecule has 6 nitrogen and oxygen atoms in total. The third kappa shape index (κ3) is 2.01. The number of likely N-dealkylation sites (N-methyl/N-ethyl adjacent to an activating group) is 1. The summed E-state index contributed by atoms with van der Waals surface area (Å²) in [6, 6.07) is -0.882. The van der Waals surface area contributed by atoms with Gasteiger partial charge in [0.2, 0.25) is 11.8 Å². The van der Waals surface area contributed by atoms with Crippen molar-refractivity contribution in [1.29, 1.82) is 0 Å². The summed E-state index contributed by atoms with van der Waals surface area (Å²) in [6.07, 6.45) is 0.659. The zero-order valence-electron chi connectivity index (χ0n) is 8.16. The van der Waals surface area contributed by atoms with Crippen LogP contribution in [-0.2, 0) is 9.59 Å². The van der Waals surface area contributed by atoms with Crippen molar-refractivity contribution < 1.29 is 14.4 Å². The molecule has 2 N–H and O–H groups in total. The van der Waals surface area contributed by atoms with E-state index < -0.39 is 11.9 Å². The monoisotopic (exact) mass is 199 g/mol. The molecule has 4 amide bonds. The lowest BCUT2D eigenvalue weighted by Crippen LogP contribution is -2.54. The maximum Gasteiger partial charge on any atom is 0.317 e. The van der Waals surface area contributed by atoms with Crippen molar-refractivity contribution in [3.8, 4) is 0 Å². The number of hydrogen-bond donors (Lipinski definition) is 2. The fraction of sp³-hybridized carbons (Fsp3) is 0.625. The van der Waals surface area contributed by atoms with E-state index in [1.807, 2.05) is 0 Å². The second-order valence-electron chi connectivity index (χ2n) is 3.13. The Kier molecular flexibility index (Phi) is 3.06. The summed E-state index contributed by atoms with van der Waals surface area (Å²) >= 11 is 0. The number of carbonyl (C=O) groups is 3. The smallest absolute Gasteiger partial charge is 0.317 e. The largest absolute Gasteiger partial charge is 0.341 e. The Hall–Kier alpha value is -1.59. The fourth-order valence-corrected chi connectivity index (χ4v) is 1.37. The van der Waals surface area contributed by atoms with Gasteiger partial charge in [0.05, 0.1) is 0 Å². The highest BCUT2D eigenvalue weighted by molar-refractivity contribution is 6.01. The Balaban J connectivity index is 2.64. The van der Waals surface area contributed by atoms with Crippen LogP contribution in [0.1, 0.15) is 12.8 Å². The van der Waals surface area contributed by atoms with Crippen molar-refractivity contribution in [2.24, 2.45) is 0 Å². The zero-order valence-corrected chi connectivity index (χ0v) is 8.16. The maximum absolute atomic E-state index is 11.3. The number of rotatable bonds is 1. The van der Waals surface area contributed by atoms with Gasteiger partial charge < -0.3 is 10.2 Å². The highest BCUT2D eigenvalue weighted by atomic mass is 16.2. The molecule has 0 bridgehead atoms. The minimum absolute atomic E-state index is 0.276. The van der Waals surface area contributed by atoms with Crippen LogP contribution in [0.4, 0.5) is 4.79 Å². The van der Waals surface area contributed by atoms with E-state index in [0.29, 0.717) is 6.42 Å². The summed E-state index contributed by atoms with van der Waals surface area (Å²) in [5.74, 6) is -0.691. The molecule has 1 unspecified atom stereocenters. The highest BCUT2D eigenvalue weighted by Gasteiger charge is 2.31. The van der Waals surface area contributed by atoms with Crippen LogP contribution in [0.3, 0.4) is 0 Å². The molecule has 1 heterocycles. The summed E-state index contributed by atoms with van der Waals surface area (Å²) < 4.78 is 0. The molecular formula is C8H13N3O3. The summed E-state index contributed by atoms with van der Waals surface area (Å²) in [4.78, 5) is 34.6. The lowest BCUT2D eigenvalue weighted by molar-refractivity contribution is -0.136. The van der Waals surface area contributed by atoms with Gasteiger partial charge in [-0.3, -0.25) is 14.9 Å². The van der Waals surface area contributed by atoms with Gasteiger partial charge in [0.1, 0.15) is 6.04 Å². The number of urea groups is 1. The van der Waals surface area contributed by atoms with Crippen LogP contribution in [0, 0.1) is 0 Å². The highest BCUT2D eigenvalue weighted by Crippen LogP contribution is 2.10. The van der Waals surface area contributed by atoms with Crippen LogP contribution < -0.4 is 10.6 Å². The second-order valence-corrected chi connectivity index (χ2v) is 3.13. The summed E-state index contributed by atoms with van der Waals surface area (Å²) in [6.45, 7) is 0. The van der Waals surface area contributed by atoms with E-state index in [9.17, 15) is 14.4 Å². The first-order valence-corrected chi connectivity index (χ1v) is 4.34. The summed E-state index contributed by atoms with van der Waals surface area (Å²) in [5.41, 5.74) is 0. The molecule has 0 aliphatic carbocycles. The Morgan fingerprint density at radius 3 is 2.71 bits per heavy atom. The Morgan fingerprint density at radius 2 is 2.21 bits per heavy atom. The first kappa shape index (κ1) is 10.5. The molecule has 0 radical (unpaired) electrons. The Morgan fingerprint density at radius 1 is 1.57 bits per heavy atom. The van der Waals surface area contributed by atoms with Gasteiger partial charge >= 0.3 is 6.03 Å². The molecule has 1 fully saturated rings. The first-order valence-electron chi connectivity index (χ1n) is 4.34. The van der Waals surface area contributed by atoms with Gasteiger partial charge in [-0.15, -0.1) is 0 Å². The quantitative estimate of drug-likeness (QED) is 0.535. The molecule has 6 heteroatoms. The van der Waals surface area contributed by atoms with Crippen molar-refractivity contribution in [1.82, 2.24) is 15.5 Å². The van der Waals surface area contributed by atoms with Gasteiger partial charge in [0.15, 0.2) is 0 Å². The van der Waals surface area contributed by atoms with Crippen molar-refractivity contribution >= 4 is 17.8 Å². The van der Waals surface area contributed by atoms with Crippen molar-refractivity contribution in [2.45, 2.75) is 18.9 Å². The van der Waals surface area contributed by atoms with Gasteiger partial charge in [0.25, 0.3) is 0 Å². The minimum atomic E-state index is -0.548. The van der Waals surface area contributed by atoms with Crippen LogP contribution in [-0.4, -0.2) is 42.9 Å². The average molecular weight is 199 g/mol. The van der Waals surface area contributed by atoms with E-state index >= 15 is 0 Å². The van der Waals surface area contributed by atoms with E-state index in [0.717, 1.165) is 0 Å². The average Bonchev–Trinajstić information content (AvgIpc) is 2.15. The second kappa shape index (κ2) is 4.08. The molecule has 1 atom stereocenters. The lowest BCUT2D eigenvalue weighted by atomic mass is 10.1. The van der Waals surface area contributed by atoms with E-state index in [2.05, 4.69) is 10.6 Å². The van der Waals surface area contributed by atoms with Gasteiger partial charge in [-0.25, -0.2) is 4.79 Å². The number of hydrogen-bond acceptors (Lipinski definition) is 3. The Bertz CT molecular complexity index is 277. The van der Waals surface area contributed by atoms with E-state index in [1.165, 1.54) is 19.0 Å². The number of carbonyl (C=O) groups excluding carboxylic acids is 3. The molecule has 1 rings (SSSR count). The summed E-state index contributed by atoms with van der Waals surface area (Å²) in [5, 5.41) is 4.61. The van der Waals surface area contributed by atoms with Crippen LogP contribution in [0.15, 0.2) is 0 Å². The Labute approximate surface area is 81.6 Å². The first-order chi connectivity index (χ1) is 6.56. The molecule has 0 saturated carbocycles. The van der Waals surface area contributed by atoms with E-state index in [4.69, 9.17) is 0 Å². The van der Waals surface area contributed by atoms with Crippen molar-refractivity contribution in [3.63, 3.8) is 0 Å². The third-order valence-corrected chi connectivity index (χ3v) is 2.21. The van der Waals surface area contributed by atoms with Crippen LogP contribution in [0.25, 0.3) is 0 Å². The van der Waals surface area contributed by atoms with Gasteiger partial charge in [-0.1, -0.05) is 0 Å². The van der Waals surface area contributed by atoms with Gasteiger partial charge in [0, 0.05) is 20.5 Å². The van der Waals surface area contributed by atoms with Crippen LogP contribution in [0.5, 0.6) is 0 Å². The van der Waals surface area contributed by atoms with Crippen LogP contribution in [0.2, 0.25) is 0 Å². The third-order valence-electron chi connectivity index (χ3n) is 2.21. The zero-order chi connectivity index (χ0) is 10.7. The van der Waals surface area contributed by atoms with Crippen molar-refractivity contribution in [3.05, 3.63) is 0 Å². The van der Waals surface area contributed by atoms with E-state index in [1.54, 1.807) is 0 Å². The predicted molar refractivity (Wildman–Crippen MR) is 48.4 cm³/mol. The predicted octanol–water partition coefficient (Wildman–Crippen LogP) is -0.937. The molecule has 1 aliphatic heterocycles. The molecule has 0 aromatic rings. The number of imide groups is 1. The van der Waals surface area contributed by atoms with Gasteiger partial charge in [-0.2, -0.15) is 0 Å². The number of nitrogens with zero attached hydrogens (tertiary/aromatic N) is 1. The fourth-order valence-electron chi connectivity index (χ4n) is 1.37. The van der Waals surface area contributed by atoms with Gasteiger partial charge in [-0.05, 0) is 6.42 Å². The topological polar surface area (TPSA) is 78.5 Å². The lowest BCUT2D eigenvalue weighted by Gasteiger charge is -2.29. The van der Waals surface area contributed by atoms with E-state index in [-0.39, 0.29) is 18.4 Å². The molecule has 78 valence electrons. The molecule has 14 heavy (non-hydrogen) atoms. The number of piperidine rings is 1. The van der Waals surface area contributed by atoms with Crippen LogP contribution >= 0.6 is 0 Å². The minimum Gasteiger partial charge on any atom is -0.341 e. The molecular weight excluding hydrogens is 186 g/mol. The summed E-state index contributed by atoms with van der Waals surface area (Å²) in [7, 11) is 3.02. The van der Waals surface area contributed by atoms with Crippen molar-refractivity contribution in [2.75, 3.05) is 14.1 Å². The molecule has 0 spiro atoms. The standard InChI is InChI=1S/C8H13N3O3/c1-9-8(14)11(2)5-3-4-6(12)10-7(5)13/h5H,3-4H2,1-2H3,(H,9,14)(H,10,12,13). The number of amides is 4. The SMILES string of the molecule is CNC(=O)N(C)C1CCC(=O)NC1=O. The molecule has 1 saturated heterocycles. The number of nitrogens with one attached hydrogen (secondary N) is 2. The maximum atomic E-state index is 11.3. The molecule has 0 aromatic heterocycles. The molecule has 0 aromatic carbocycles. The normalized spacial score (nSPS) is 21.4.